The van der Waals surface area contributed by atoms with Crippen molar-refractivity contribution in [2.75, 3.05) is 5.32 Å². The number of rotatable bonds is 4. The molecule has 0 amide bonds. The molecule has 3 aromatic rings. The minimum Gasteiger partial charge on any atom is -0.379 e. The van der Waals surface area contributed by atoms with Crippen LogP contribution in [0.5, 0.6) is 0 Å². The molecule has 0 fully saturated rings. The van der Waals surface area contributed by atoms with Crippen LogP contribution in [-0.2, 0) is 6.54 Å². The second-order valence-electron chi connectivity index (χ2n) is 5.44. The Morgan fingerprint density at radius 1 is 1.14 bits per heavy atom. The monoisotopic (exact) mass is 299 g/mol. The van der Waals surface area contributed by atoms with E-state index in [4.69, 9.17) is 11.6 Å². The third-order valence-electron chi connectivity index (χ3n) is 3.51. The lowest BCUT2D eigenvalue weighted by Crippen LogP contribution is -2.03. The molecule has 21 heavy (non-hydrogen) atoms. The van der Waals surface area contributed by atoms with Gasteiger partial charge in [-0.3, -0.25) is 0 Å². The van der Waals surface area contributed by atoms with Crippen molar-refractivity contribution in [3.05, 3.63) is 65.1 Å². The first kappa shape index (κ1) is 14.0. The maximum atomic E-state index is 5.99. The minimum absolute atomic E-state index is 0.494. The number of hydrogen-bond donors (Lipinski definition) is 1. The largest absolute Gasteiger partial charge is 0.379 e. The third kappa shape index (κ3) is 3.03. The number of anilines is 1. The average Bonchev–Trinajstić information content (AvgIpc) is 2.87. The molecule has 0 unspecified atom stereocenters. The first-order valence-electron chi connectivity index (χ1n) is 7.09. The molecule has 0 radical (unpaired) electrons. The molecule has 1 N–H and O–H groups in total. The summed E-state index contributed by atoms with van der Waals surface area (Å²) in [4.78, 5) is 4.59. The summed E-state index contributed by atoms with van der Waals surface area (Å²) >= 11 is 5.99. The van der Waals surface area contributed by atoms with Crippen LogP contribution in [0.3, 0.4) is 0 Å². The summed E-state index contributed by atoms with van der Waals surface area (Å²) in [6, 6.07) is 12.2. The molecule has 0 spiro atoms. The topological polar surface area (TPSA) is 29.3 Å². The van der Waals surface area contributed by atoms with Crippen LogP contribution in [-0.4, -0.2) is 9.38 Å². The molecule has 2 heterocycles. The SMILES string of the molecule is CC(C)c1ccccc1NCc1cn2cc(Cl)ccc2n1. The second kappa shape index (κ2) is 5.78. The Morgan fingerprint density at radius 2 is 1.95 bits per heavy atom. The first-order chi connectivity index (χ1) is 10.1. The zero-order valence-corrected chi connectivity index (χ0v) is 12.9. The normalized spacial score (nSPS) is 11.2. The molecule has 0 aliphatic heterocycles. The molecule has 0 atom stereocenters. The van der Waals surface area contributed by atoms with Crippen molar-refractivity contribution in [2.45, 2.75) is 26.3 Å². The van der Waals surface area contributed by atoms with Crippen LogP contribution in [0.2, 0.25) is 5.02 Å². The molecule has 1 aromatic carbocycles. The van der Waals surface area contributed by atoms with E-state index < -0.39 is 0 Å². The number of benzene rings is 1. The molecule has 3 rings (SSSR count). The molecule has 2 aromatic heterocycles. The van der Waals surface area contributed by atoms with Crippen LogP contribution < -0.4 is 5.32 Å². The number of nitrogens with zero attached hydrogens (tertiary/aromatic N) is 2. The third-order valence-corrected chi connectivity index (χ3v) is 3.73. The maximum absolute atomic E-state index is 5.99. The van der Waals surface area contributed by atoms with Gasteiger partial charge >= 0.3 is 0 Å². The van der Waals surface area contributed by atoms with Crippen LogP contribution >= 0.6 is 11.6 Å². The number of para-hydroxylation sites is 1. The zero-order valence-electron chi connectivity index (χ0n) is 12.2. The number of imidazole rings is 1. The number of halogens is 1. The van der Waals surface area contributed by atoms with Gasteiger partial charge in [0.25, 0.3) is 0 Å². The van der Waals surface area contributed by atoms with E-state index >= 15 is 0 Å². The summed E-state index contributed by atoms with van der Waals surface area (Å²) in [5.74, 6) is 0.494. The van der Waals surface area contributed by atoms with Crippen molar-refractivity contribution in [1.29, 1.82) is 0 Å². The van der Waals surface area contributed by atoms with E-state index in [0.29, 0.717) is 17.5 Å². The highest BCUT2D eigenvalue weighted by atomic mass is 35.5. The van der Waals surface area contributed by atoms with E-state index in [-0.39, 0.29) is 0 Å². The predicted molar refractivity (Wildman–Crippen MR) is 88.1 cm³/mol. The van der Waals surface area contributed by atoms with E-state index in [0.717, 1.165) is 11.3 Å². The Kier molecular flexibility index (Phi) is 3.84. The Morgan fingerprint density at radius 3 is 2.76 bits per heavy atom. The fourth-order valence-electron chi connectivity index (χ4n) is 2.45. The van der Waals surface area contributed by atoms with Gasteiger partial charge in [-0.05, 0) is 29.7 Å². The lowest BCUT2D eigenvalue weighted by Gasteiger charge is -2.13. The maximum Gasteiger partial charge on any atom is 0.137 e. The van der Waals surface area contributed by atoms with Gasteiger partial charge in [0, 0.05) is 18.1 Å². The first-order valence-corrected chi connectivity index (χ1v) is 7.47. The minimum atomic E-state index is 0.494. The Bertz CT molecular complexity index is 762. The van der Waals surface area contributed by atoms with Gasteiger partial charge in [-0.25, -0.2) is 4.98 Å². The molecule has 108 valence electrons. The van der Waals surface area contributed by atoms with E-state index in [9.17, 15) is 0 Å². The average molecular weight is 300 g/mol. The Labute approximate surface area is 129 Å². The fraction of sp³-hybridized carbons (Fsp3) is 0.235. The lowest BCUT2D eigenvalue weighted by molar-refractivity contribution is 0.864. The molecular formula is C17H18ClN3. The second-order valence-corrected chi connectivity index (χ2v) is 5.88. The molecule has 0 saturated carbocycles. The van der Waals surface area contributed by atoms with Gasteiger partial charge in [0.05, 0.1) is 17.3 Å². The molecule has 4 heteroatoms. The zero-order chi connectivity index (χ0) is 14.8. The summed E-state index contributed by atoms with van der Waals surface area (Å²) in [5, 5.41) is 4.19. The summed E-state index contributed by atoms with van der Waals surface area (Å²) < 4.78 is 1.95. The summed E-state index contributed by atoms with van der Waals surface area (Å²) in [5.41, 5.74) is 4.40. The van der Waals surface area contributed by atoms with Crippen molar-refractivity contribution in [3.8, 4) is 0 Å². The van der Waals surface area contributed by atoms with Crippen molar-refractivity contribution in [3.63, 3.8) is 0 Å². The van der Waals surface area contributed by atoms with Gasteiger partial charge in [-0.1, -0.05) is 43.6 Å². The Hall–Kier alpha value is -2.00. The number of hydrogen-bond acceptors (Lipinski definition) is 2. The van der Waals surface area contributed by atoms with Crippen molar-refractivity contribution in [2.24, 2.45) is 0 Å². The summed E-state index contributed by atoms with van der Waals surface area (Å²) in [7, 11) is 0. The molecule has 0 saturated heterocycles. The van der Waals surface area contributed by atoms with Gasteiger partial charge in [0.1, 0.15) is 5.65 Å². The lowest BCUT2D eigenvalue weighted by atomic mass is 10.0. The van der Waals surface area contributed by atoms with Crippen molar-refractivity contribution in [1.82, 2.24) is 9.38 Å². The van der Waals surface area contributed by atoms with Crippen molar-refractivity contribution < 1.29 is 0 Å². The number of pyridine rings is 1. The van der Waals surface area contributed by atoms with Crippen LogP contribution in [0.25, 0.3) is 5.65 Å². The smallest absolute Gasteiger partial charge is 0.137 e. The molecule has 0 aliphatic rings. The highest BCUT2D eigenvalue weighted by molar-refractivity contribution is 6.30. The Balaban J connectivity index is 1.80. The standard InChI is InChI=1S/C17H18ClN3/c1-12(2)15-5-3-4-6-16(15)19-9-14-11-21-10-13(18)7-8-17(21)20-14/h3-8,10-12,19H,9H2,1-2H3. The fourth-order valence-corrected chi connectivity index (χ4v) is 2.62. The van der Waals surface area contributed by atoms with Gasteiger partial charge in [-0.2, -0.15) is 0 Å². The van der Waals surface area contributed by atoms with Gasteiger partial charge in [0.15, 0.2) is 0 Å². The number of aromatic nitrogens is 2. The molecule has 0 bridgehead atoms. The summed E-state index contributed by atoms with van der Waals surface area (Å²) in [6.45, 7) is 5.10. The van der Waals surface area contributed by atoms with E-state index in [2.05, 4.69) is 48.4 Å². The van der Waals surface area contributed by atoms with Gasteiger partial charge in [-0.15, -0.1) is 0 Å². The predicted octanol–water partition coefficient (Wildman–Crippen LogP) is 4.72. The quantitative estimate of drug-likeness (QED) is 0.755. The molecular weight excluding hydrogens is 282 g/mol. The highest BCUT2D eigenvalue weighted by Gasteiger charge is 2.07. The van der Waals surface area contributed by atoms with Crippen LogP contribution in [0, 0.1) is 0 Å². The van der Waals surface area contributed by atoms with Crippen molar-refractivity contribution >= 4 is 22.9 Å². The van der Waals surface area contributed by atoms with Crippen LogP contribution in [0.15, 0.2) is 48.8 Å². The van der Waals surface area contributed by atoms with Crippen LogP contribution in [0.1, 0.15) is 31.0 Å². The number of nitrogens with one attached hydrogen (secondary N) is 1. The van der Waals surface area contributed by atoms with E-state index in [1.165, 1.54) is 11.3 Å². The molecule has 0 aliphatic carbocycles. The van der Waals surface area contributed by atoms with Gasteiger partial charge < -0.3 is 9.72 Å². The summed E-state index contributed by atoms with van der Waals surface area (Å²) in [6.07, 6.45) is 3.88. The van der Waals surface area contributed by atoms with Gasteiger partial charge in [0.2, 0.25) is 0 Å². The van der Waals surface area contributed by atoms with E-state index in [1.807, 2.05) is 28.9 Å². The van der Waals surface area contributed by atoms with Crippen LogP contribution in [0.4, 0.5) is 5.69 Å². The highest BCUT2D eigenvalue weighted by Crippen LogP contribution is 2.24. The molecule has 3 nitrogen and oxygen atoms in total. The van der Waals surface area contributed by atoms with E-state index in [1.54, 1.807) is 0 Å². The number of fused-ring (bicyclic) bond motifs is 1.